The maximum absolute atomic E-state index is 4.51. The summed E-state index contributed by atoms with van der Waals surface area (Å²) >= 11 is 0. The summed E-state index contributed by atoms with van der Waals surface area (Å²) in [6.07, 6.45) is 11.7. The van der Waals surface area contributed by atoms with Gasteiger partial charge in [-0.2, -0.15) is 0 Å². The number of allylic oxidation sites excluding steroid dienone is 5. The second-order valence-corrected chi connectivity index (χ2v) is 9.47. The van der Waals surface area contributed by atoms with Crippen LogP contribution in [0.5, 0.6) is 0 Å². The van der Waals surface area contributed by atoms with Crippen molar-refractivity contribution in [2.75, 3.05) is 0 Å². The molecule has 1 aliphatic rings. The minimum Gasteiger partial charge on any atom is -0.359 e. The van der Waals surface area contributed by atoms with E-state index in [1.54, 1.807) is 0 Å². The van der Waals surface area contributed by atoms with Crippen molar-refractivity contribution in [3.05, 3.63) is 81.7 Å². The maximum Gasteiger partial charge on any atom is 0.0397 e. The molecule has 30 heavy (non-hydrogen) atoms. The summed E-state index contributed by atoms with van der Waals surface area (Å²) in [5, 5.41) is 3.74. The first kappa shape index (κ1) is 24.3. The summed E-state index contributed by atoms with van der Waals surface area (Å²) in [7, 11) is 0. The summed E-state index contributed by atoms with van der Waals surface area (Å²) in [6.45, 7) is 22.0. The van der Waals surface area contributed by atoms with Crippen molar-refractivity contribution in [1.82, 2.24) is 5.32 Å². The normalized spacial score (nSPS) is 15.1. The third-order valence-electron chi connectivity index (χ3n) is 6.44. The summed E-state index contributed by atoms with van der Waals surface area (Å²) in [5.41, 5.74) is 12.2. The van der Waals surface area contributed by atoms with Gasteiger partial charge in [0.1, 0.15) is 0 Å². The Balaban J connectivity index is 2.21. The average molecular weight is 406 g/mol. The van der Waals surface area contributed by atoms with E-state index in [2.05, 4.69) is 78.2 Å². The molecule has 1 nitrogen and oxygen atoms in total. The van der Waals surface area contributed by atoms with Crippen LogP contribution in [0.4, 0.5) is 0 Å². The summed E-state index contributed by atoms with van der Waals surface area (Å²) in [4.78, 5) is 0. The second kappa shape index (κ2) is 11.4. The molecule has 0 bridgehead atoms. The zero-order valence-corrected chi connectivity index (χ0v) is 20.4. The second-order valence-electron chi connectivity index (χ2n) is 9.47. The zero-order chi connectivity index (χ0) is 22.3. The Morgan fingerprint density at radius 3 is 2.30 bits per heavy atom. The molecule has 0 amide bonds. The van der Waals surface area contributed by atoms with Crippen LogP contribution in [0.3, 0.4) is 0 Å². The molecule has 1 atom stereocenters. The highest BCUT2D eigenvalue weighted by Gasteiger charge is 2.18. The van der Waals surface area contributed by atoms with Gasteiger partial charge in [-0.15, -0.1) is 0 Å². The molecule has 1 aromatic carbocycles. The predicted octanol–water partition coefficient (Wildman–Crippen LogP) is 8.28. The molecule has 1 N–H and O–H groups in total. The van der Waals surface area contributed by atoms with Crippen LogP contribution in [0.2, 0.25) is 0 Å². The van der Waals surface area contributed by atoms with Gasteiger partial charge in [-0.05, 0) is 100 Å². The fraction of sp³-hybridized carbons (Fsp3) is 0.517. The van der Waals surface area contributed by atoms with E-state index >= 15 is 0 Å². The zero-order valence-electron chi connectivity index (χ0n) is 20.4. The molecule has 0 radical (unpaired) electrons. The first-order valence-electron chi connectivity index (χ1n) is 11.8. The van der Waals surface area contributed by atoms with E-state index in [0.717, 1.165) is 25.7 Å². The van der Waals surface area contributed by atoms with Gasteiger partial charge in [-0.25, -0.2) is 0 Å². The molecule has 1 unspecified atom stereocenters. The topological polar surface area (TPSA) is 12.0 Å². The Morgan fingerprint density at radius 2 is 1.73 bits per heavy atom. The molecule has 2 rings (SSSR count). The third-order valence-corrected chi connectivity index (χ3v) is 6.44. The fourth-order valence-electron chi connectivity index (χ4n) is 4.64. The highest BCUT2D eigenvalue weighted by atomic mass is 14.9. The Morgan fingerprint density at radius 1 is 1.07 bits per heavy atom. The monoisotopic (exact) mass is 405 g/mol. The number of unbranched alkanes of at least 4 members (excludes halogenated alkanes) is 2. The van der Waals surface area contributed by atoms with Gasteiger partial charge in [-0.1, -0.05) is 63.1 Å². The molecular weight excluding hydrogens is 362 g/mol. The maximum atomic E-state index is 4.51. The van der Waals surface area contributed by atoms with Gasteiger partial charge >= 0.3 is 0 Å². The van der Waals surface area contributed by atoms with Gasteiger partial charge in [-0.3, -0.25) is 0 Å². The molecular formula is C29H43N. The molecule has 0 fully saturated rings. The third kappa shape index (κ3) is 6.76. The Kier molecular flexibility index (Phi) is 9.21. The fourth-order valence-corrected chi connectivity index (χ4v) is 4.64. The number of hydrogen-bond acceptors (Lipinski definition) is 1. The summed E-state index contributed by atoms with van der Waals surface area (Å²) in [6, 6.07) is 4.78. The molecule has 1 aromatic rings. The molecule has 164 valence electrons. The van der Waals surface area contributed by atoms with Crippen LogP contribution in [0.1, 0.15) is 88.5 Å². The summed E-state index contributed by atoms with van der Waals surface area (Å²) < 4.78 is 0. The van der Waals surface area contributed by atoms with Crippen LogP contribution in [0.15, 0.2) is 59.5 Å². The molecule has 0 aromatic heterocycles. The van der Waals surface area contributed by atoms with E-state index in [0.29, 0.717) is 5.92 Å². The molecule has 1 aliphatic carbocycles. The minimum absolute atomic E-state index is 0.456. The van der Waals surface area contributed by atoms with Crippen LogP contribution in [-0.2, 0) is 12.8 Å². The van der Waals surface area contributed by atoms with E-state index in [1.165, 1.54) is 76.1 Å². The first-order chi connectivity index (χ1) is 14.2. The first-order valence-corrected chi connectivity index (χ1v) is 11.8. The van der Waals surface area contributed by atoms with Crippen molar-refractivity contribution >= 4 is 0 Å². The van der Waals surface area contributed by atoms with Gasteiger partial charge in [0.25, 0.3) is 0 Å². The summed E-state index contributed by atoms with van der Waals surface area (Å²) in [5.74, 6) is 0.456. The highest BCUT2D eigenvalue weighted by Crippen LogP contribution is 2.29. The van der Waals surface area contributed by atoms with Gasteiger partial charge < -0.3 is 5.32 Å². The highest BCUT2D eigenvalue weighted by molar-refractivity contribution is 5.41. The van der Waals surface area contributed by atoms with Crippen molar-refractivity contribution in [3.8, 4) is 0 Å². The van der Waals surface area contributed by atoms with E-state index < -0.39 is 0 Å². The standard InChI is InChI=1S/C29H43N/c1-9-10-11-15-27(25(8)30-29-21(4)13-12-14-22(29)5)19-26-17-23(6)28(16-20(2)3)24(7)18-26/h13,17-18,27,30H,2,8-12,14-16,19H2,1,3-7H3. The van der Waals surface area contributed by atoms with Crippen molar-refractivity contribution < 1.29 is 0 Å². The van der Waals surface area contributed by atoms with Crippen LogP contribution in [-0.4, -0.2) is 0 Å². The van der Waals surface area contributed by atoms with E-state index in [4.69, 9.17) is 0 Å². The van der Waals surface area contributed by atoms with Gasteiger partial charge in [0.05, 0.1) is 0 Å². The van der Waals surface area contributed by atoms with Gasteiger partial charge in [0.15, 0.2) is 0 Å². The largest absolute Gasteiger partial charge is 0.359 e. The lowest BCUT2D eigenvalue weighted by Gasteiger charge is -2.26. The van der Waals surface area contributed by atoms with Crippen LogP contribution in [0.25, 0.3) is 0 Å². The number of hydrogen-bond donors (Lipinski definition) is 1. The molecule has 0 saturated heterocycles. The Bertz CT molecular complexity index is 811. The van der Waals surface area contributed by atoms with Gasteiger partial charge in [0.2, 0.25) is 0 Å². The van der Waals surface area contributed by atoms with Crippen LogP contribution in [0, 0.1) is 19.8 Å². The minimum atomic E-state index is 0.456. The molecule has 0 saturated carbocycles. The lowest BCUT2D eigenvalue weighted by atomic mass is 9.87. The lowest BCUT2D eigenvalue weighted by molar-refractivity contribution is 0.496. The van der Waals surface area contributed by atoms with Crippen LogP contribution < -0.4 is 5.32 Å². The number of aryl methyl sites for hydroxylation is 2. The molecule has 1 heteroatoms. The predicted molar refractivity (Wildman–Crippen MR) is 134 cm³/mol. The van der Waals surface area contributed by atoms with E-state index in [9.17, 15) is 0 Å². The molecule has 0 heterocycles. The average Bonchev–Trinajstić information content (AvgIpc) is 2.67. The SMILES string of the molecule is C=C(C)Cc1c(C)cc(CC(CCCCC)C(=C)NC2=C(C)CCC=C2C)cc1C. The van der Waals surface area contributed by atoms with Crippen molar-refractivity contribution in [3.63, 3.8) is 0 Å². The number of benzene rings is 1. The Hall–Kier alpha value is -2.02. The van der Waals surface area contributed by atoms with E-state index in [-0.39, 0.29) is 0 Å². The molecule has 0 aliphatic heterocycles. The van der Waals surface area contributed by atoms with E-state index in [1.807, 2.05) is 0 Å². The van der Waals surface area contributed by atoms with Crippen molar-refractivity contribution in [2.45, 2.75) is 92.9 Å². The van der Waals surface area contributed by atoms with Gasteiger partial charge in [0, 0.05) is 17.3 Å². The number of rotatable bonds is 11. The molecule has 0 spiro atoms. The lowest BCUT2D eigenvalue weighted by Crippen LogP contribution is -2.23. The quantitative estimate of drug-likeness (QED) is 0.288. The van der Waals surface area contributed by atoms with Crippen molar-refractivity contribution in [2.24, 2.45) is 5.92 Å². The number of nitrogens with one attached hydrogen (secondary N) is 1. The smallest absolute Gasteiger partial charge is 0.0397 e. The van der Waals surface area contributed by atoms with Crippen molar-refractivity contribution in [1.29, 1.82) is 0 Å². The Labute approximate surface area is 186 Å². The van der Waals surface area contributed by atoms with Crippen LogP contribution >= 0.6 is 0 Å².